The third-order valence-corrected chi connectivity index (χ3v) is 4.46. The lowest BCUT2D eigenvalue weighted by molar-refractivity contribution is -0.126. The molecule has 1 aromatic heterocycles. The Kier molecular flexibility index (Phi) is 6.23. The molecular weight excluding hydrogens is 282 g/mol. The normalized spacial score (nSPS) is 24.4. The van der Waals surface area contributed by atoms with E-state index in [1.807, 2.05) is 20.0 Å². The van der Waals surface area contributed by atoms with E-state index >= 15 is 0 Å². The molecule has 1 aliphatic heterocycles. The number of rotatable bonds is 3. The molecule has 108 valence electrons. The van der Waals surface area contributed by atoms with Crippen molar-refractivity contribution in [1.82, 2.24) is 15.6 Å². The minimum Gasteiger partial charge on any atom is -0.347 e. The van der Waals surface area contributed by atoms with Crippen LogP contribution in [0.15, 0.2) is 6.20 Å². The molecule has 0 spiro atoms. The van der Waals surface area contributed by atoms with Crippen LogP contribution in [0.5, 0.6) is 0 Å². The van der Waals surface area contributed by atoms with Crippen molar-refractivity contribution in [1.29, 1.82) is 0 Å². The van der Waals surface area contributed by atoms with Crippen molar-refractivity contribution in [2.24, 2.45) is 5.92 Å². The number of nitrogens with one attached hydrogen (secondary N) is 2. The Hall–Kier alpha value is -0.650. The van der Waals surface area contributed by atoms with Crippen LogP contribution < -0.4 is 10.6 Å². The molecule has 1 saturated heterocycles. The first-order valence-electron chi connectivity index (χ1n) is 6.52. The number of aromatic nitrogens is 1. The van der Waals surface area contributed by atoms with Gasteiger partial charge in [-0.3, -0.25) is 4.79 Å². The molecule has 2 rings (SSSR count). The molecule has 2 N–H and O–H groups in total. The van der Waals surface area contributed by atoms with E-state index in [0.29, 0.717) is 6.04 Å². The Morgan fingerprint density at radius 3 is 2.95 bits per heavy atom. The second-order valence-electron chi connectivity index (χ2n) is 5.12. The van der Waals surface area contributed by atoms with E-state index in [4.69, 9.17) is 0 Å². The molecule has 3 atom stereocenters. The molecule has 1 amide bonds. The first-order chi connectivity index (χ1) is 8.56. The van der Waals surface area contributed by atoms with E-state index in [1.54, 1.807) is 11.3 Å². The fraction of sp³-hybridized carbons (Fsp3) is 0.692. The number of aryl methyl sites for hydroxylation is 1. The van der Waals surface area contributed by atoms with Gasteiger partial charge in [-0.15, -0.1) is 23.7 Å². The Bertz CT molecular complexity index is 424. The van der Waals surface area contributed by atoms with Crippen LogP contribution in [-0.2, 0) is 4.79 Å². The van der Waals surface area contributed by atoms with Crippen LogP contribution in [0, 0.1) is 12.8 Å². The topological polar surface area (TPSA) is 54.0 Å². The minimum absolute atomic E-state index is 0. The summed E-state index contributed by atoms with van der Waals surface area (Å²) in [6.45, 7) is 7.10. The summed E-state index contributed by atoms with van der Waals surface area (Å²) in [6.07, 6.45) is 3.71. The van der Waals surface area contributed by atoms with E-state index in [-0.39, 0.29) is 30.3 Å². The van der Waals surface area contributed by atoms with Gasteiger partial charge >= 0.3 is 0 Å². The van der Waals surface area contributed by atoms with Crippen LogP contribution >= 0.6 is 23.7 Å². The Labute approximate surface area is 124 Å². The number of halogens is 1. The zero-order chi connectivity index (χ0) is 13.1. The van der Waals surface area contributed by atoms with E-state index < -0.39 is 0 Å². The smallest absolute Gasteiger partial charge is 0.223 e. The second-order valence-corrected chi connectivity index (χ2v) is 6.38. The Morgan fingerprint density at radius 1 is 1.63 bits per heavy atom. The summed E-state index contributed by atoms with van der Waals surface area (Å²) in [7, 11) is 0. The molecule has 0 radical (unpaired) electrons. The van der Waals surface area contributed by atoms with Gasteiger partial charge in [0.15, 0.2) is 0 Å². The van der Waals surface area contributed by atoms with Gasteiger partial charge in [0.2, 0.25) is 5.91 Å². The summed E-state index contributed by atoms with van der Waals surface area (Å²) in [5.41, 5.74) is 0. The summed E-state index contributed by atoms with van der Waals surface area (Å²) in [4.78, 5) is 17.7. The summed E-state index contributed by atoms with van der Waals surface area (Å²) < 4.78 is 0. The third-order valence-electron chi connectivity index (χ3n) is 3.36. The van der Waals surface area contributed by atoms with Gasteiger partial charge < -0.3 is 10.6 Å². The van der Waals surface area contributed by atoms with Gasteiger partial charge in [0, 0.05) is 23.0 Å². The van der Waals surface area contributed by atoms with Crippen molar-refractivity contribution >= 4 is 29.7 Å². The highest BCUT2D eigenvalue weighted by Crippen LogP contribution is 2.21. The highest BCUT2D eigenvalue weighted by molar-refractivity contribution is 7.11. The Morgan fingerprint density at radius 2 is 2.37 bits per heavy atom. The van der Waals surface area contributed by atoms with Crippen molar-refractivity contribution in [3.8, 4) is 0 Å². The van der Waals surface area contributed by atoms with Gasteiger partial charge in [0.25, 0.3) is 0 Å². The Balaban J connectivity index is 0.00000180. The molecule has 1 aromatic rings. The zero-order valence-electron chi connectivity index (χ0n) is 11.6. The molecule has 1 fully saturated rings. The molecule has 1 unspecified atom stereocenters. The maximum absolute atomic E-state index is 12.2. The van der Waals surface area contributed by atoms with Crippen molar-refractivity contribution in [3.05, 3.63) is 16.1 Å². The van der Waals surface area contributed by atoms with Gasteiger partial charge in [-0.05, 0) is 40.2 Å². The number of carbonyl (C=O) groups excluding carboxylic acids is 1. The maximum atomic E-state index is 12.2. The molecule has 0 saturated carbocycles. The van der Waals surface area contributed by atoms with Crippen molar-refractivity contribution in [2.45, 2.75) is 45.7 Å². The first-order valence-corrected chi connectivity index (χ1v) is 7.34. The van der Waals surface area contributed by atoms with Crippen LogP contribution in [0.2, 0.25) is 0 Å². The van der Waals surface area contributed by atoms with E-state index in [2.05, 4.69) is 22.5 Å². The number of nitrogens with zero attached hydrogens (tertiary/aromatic N) is 1. The number of carbonyl (C=O) groups is 1. The average Bonchev–Trinajstić information content (AvgIpc) is 2.76. The SMILES string of the molecule is Cc1cnc(C(C)NC(=O)[C@H]2CCN[C@@H](C)C2)s1.Cl. The summed E-state index contributed by atoms with van der Waals surface area (Å²) >= 11 is 1.65. The molecule has 0 aromatic carbocycles. The molecule has 0 bridgehead atoms. The zero-order valence-corrected chi connectivity index (χ0v) is 13.2. The van der Waals surface area contributed by atoms with Crippen molar-refractivity contribution < 1.29 is 4.79 Å². The number of thiazole rings is 1. The molecular formula is C13H22ClN3OS. The minimum atomic E-state index is 0. The highest BCUT2D eigenvalue weighted by atomic mass is 35.5. The van der Waals surface area contributed by atoms with E-state index in [9.17, 15) is 4.79 Å². The van der Waals surface area contributed by atoms with Crippen molar-refractivity contribution in [2.75, 3.05) is 6.54 Å². The maximum Gasteiger partial charge on any atom is 0.223 e. The molecule has 1 aliphatic rings. The lowest BCUT2D eigenvalue weighted by Crippen LogP contribution is -2.42. The van der Waals surface area contributed by atoms with Gasteiger partial charge in [-0.25, -0.2) is 4.98 Å². The van der Waals surface area contributed by atoms with Crippen molar-refractivity contribution in [3.63, 3.8) is 0 Å². The summed E-state index contributed by atoms with van der Waals surface area (Å²) in [5, 5.41) is 7.43. The lowest BCUT2D eigenvalue weighted by atomic mass is 9.92. The van der Waals surface area contributed by atoms with Crippen LogP contribution in [0.3, 0.4) is 0 Å². The lowest BCUT2D eigenvalue weighted by Gasteiger charge is -2.27. The molecule has 0 aliphatic carbocycles. The van der Waals surface area contributed by atoms with Gasteiger partial charge in [0.1, 0.15) is 5.01 Å². The molecule has 4 nitrogen and oxygen atoms in total. The largest absolute Gasteiger partial charge is 0.347 e. The second kappa shape index (κ2) is 7.22. The predicted octanol–water partition coefficient (Wildman–Crippen LogP) is 2.44. The molecule has 6 heteroatoms. The summed E-state index contributed by atoms with van der Waals surface area (Å²) in [6, 6.07) is 0.452. The number of hydrogen-bond donors (Lipinski definition) is 2. The van der Waals surface area contributed by atoms with Crippen LogP contribution in [0.1, 0.15) is 42.6 Å². The number of amides is 1. The van der Waals surface area contributed by atoms with Crippen LogP contribution in [0.4, 0.5) is 0 Å². The quantitative estimate of drug-likeness (QED) is 0.902. The molecule has 19 heavy (non-hydrogen) atoms. The average molecular weight is 304 g/mol. The summed E-state index contributed by atoms with van der Waals surface area (Å²) in [5.74, 6) is 0.313. The highest BCUT2D eigenvalue weighted by Gasteiger charge is 2.26. The van der Waals surface area contributed by atoms with Gasteiger partial charge in [-0.2, -0.15) is 0 Å². The van der Waals surface area contributed by atoms with Gasteiger partial charge in [-0.1, -0.05) is 0 Å². The third kappa shape index (κ3) is 4.44. The number of piperidine rings is 1. The van der Waals surface area contributed by atoms with Crippen LogP contribution in [0.25, 0.3) is 0 Å². The van der Waals surface area contributed by atoms with Gasteiger partial charge in [0.05, 0.1) is 6.04 Å². The molecule has 2 heterocycles. The van der Waals surface area contributed by atoms with E-state index in [1.165, 1.54) is 4.88 Å². The first kappa shape index (κ1) is 16.4. The monoisotopic (exact) mass is 303 g/mol. The fourth-order valence-corrected chi connectivity index (χ4v) is 3.11. The predicted molar refractivity (Wildman–Crippen MR) is 80.8 cm³/mol. The number of hydrogen-bond acceptors (Lipinski definition) is 4. The van der Waals surface area contributed by atoms with Crippen LogP contribution in [-0.4, -0.2) is 23.5 Å². The standard InChI is InChI=1S/C13H21N3OS.ClH/c1-8-6-11(4-5-14-8)12(17)16-10(3)13-15-7-9(2)18-13;/h7-8,10-11,14H,4-6H2,1-3H3,(H,16,17);1H/t8-,10?,11-;/m0./s1. The fourth-order valence-electron chi connectivity index (χ4n) is 2.34. The van der Waals surface area contributed by atoms with E-state index in [0.717, 1.165) is 24.4 Å².